The van der Waals surface area contributed by atoms with Gasteiger partial charge in [-0.3, -0.25) is 14.7 Å². The predicted molar refractivity (Wildman–Crippen MR) is 103 cm³/mol. The van der Waals surface area contributed by atoms with Crippen molar-refractivity contribution in [2.45, 2.75) is 51.8 Å². The number of nitrogens with zero attached hydrogens (tertiary/aromatic N) is 6. The van der Waals surface area contributed by atoms with Crippen LogP contribution in [0.4, 0.5) is 4.79 Å². The van der Waals surface area contributed by atoms with Gasteiger partial charge in [-0.25, -0.2) is 19.7 Å². The number of aromatic nitrogens is 4. The largest absolute Gasteiger partial charge is 0.444 e. The smallest absolute Gasteiger partial charge is 0.411 e. The van der Waals surface area contributed by atoms with Gasteiger partial charge >= 0.3 is 6.09 Å². The Balaban J connectivity index is 1.69. The van der Waals surface area contributed by atoms with E-state index in [0.717, 1.165) is 12.8 Å². The molecular weight excluding hydrogens is 372 g/mol. The second kappa shape index (κ2) is 7.38. The SMILES string of the molecule is CC(C)(C)OC(=O)N1Cc2nc(-c3cnccn3)ncc2[C@@H]1C(=O)N1CCCC1. The van der Waals surface area contributed by atoms with Gasteiger partial charge in [-0.15, -0.1) is 0 Å². The third-order valence-corrected chi connectivity index (χ3v) is 4.90. The Morgan fingerprint density at radius 2 is 1.86 bits per heavy atom. The maximum atomic E-state index is 13.2. The molecule has 2 aliphatic heterocycles. The van der Waals surface area contributed by atoms with Crippen LogP contribution in [0.2, 0.25) is 0 Å². The fourth-order valence-corrected chi connectivity index (χ4v) is 3.61. The molecule has 0 radical (unpaired) electrons. The summed E-state index contributed by atoms with van der Waals surface area (Å²) in [5.41, 5.74) is 1.14. The molecule has 1 atom stereocenters. The number of hydrogen-bond acceptors (Lipinski definition) is 7. The van der Waals surface area contributed by atoms with Crippen LogP contribution in [-0.2, 0) is 16.1 Å². The van der Waals surface area contributed by atoms with E-state index < -0.39 is 17.7 Å². The van der Waals surface area contributed by atoms with Gasteiger partial charge in [0, 0.05) is 37.2 Å². The van der Waals surface area contributed by atoms with E-state index in [0.29, 0.717) is 35.9 Å². The molecule has 0 bridgehead atoms. The molecule has 0 saturated carbocycles. The monoisotopic (exact) mass is 396 g/mol. The highest BCUT2D eigenvalue weighted by atomic mass is 16.6. The van der Waals surface area contributed by atoms with Crippen molar-refractivity contribution < 1.29 is 14.3 Å². The molecule has 4 heterocycles. The van der Waals surface area contributed by atoms with Crippen molar-refractivity contribution in [3.8, 4) is 11.5 Å². The minimum Gasteiger partial charge on any atom is -0.444 e. The lowest BCUT2D eigenvalue weighted by Gasteiger charge is -2.30. The molecule has 2 aromatic rings. The second-order valence-electron chi connectivity index (χ2n) is 8.23. The fraction of sp³-hybridized carbons (Fsp3) is 0.500. The zero-order chi connectivity index (χ0) is 20.6. The minimum atomic E-state index is -0.770. The van der Waals surface area contributed by atoms with Crippen molar-refractivity contribution in [3.05, 3.63) is 36.0 Å². The summed E-state index contributed by atoms with van der Waals surface area (Å²) in [5.74, 6) is 0.304. The highest BCUT2D eigenvalue weighted by molar-refractivity contribution is 5.88. The van der Waals surface area contributed by atoms with E-state index in [1.807, 2.05) is 0 Å². The fourth-order valence-electron chi connectivity index (χ4n) is 3.61. The topological polar surface area (TPSA) is 101 Å². The van der Waals surface area contributed by atoms with Gasteiger partial charge in [-0.2, -0.15) is 0 Å². The Kier molecular flexibility index (Phi) is 4.89. The zero-order valence-corrected chi connectivity index (χ0v) is 16.8. The molecule has 29 heavy (non-hydrogen) atoms. The molecule has 1 saturated heterocycles. The maximum Gasteiger partial charge on any atom is 0.411 e. The number of amides is 2. The summed E-state index contributed by atoms with van der Waals surface area (Å²) in [6.45, 7) is 6.99. The van der Waals surface area contributed by atoms with E-state index in [1.54, 1.807) is 50.5 Å². The van der Waals surface area contributed by atoms with Crippen molar-refractivity contribution in [1.29, 1.82) is 0 Å². The van der Waals surface area contributed by atoms with Gasteiger partial charge in [-0.05, 0) is 33.6 Å². The number of fused-ring (bicyclic) bond motifs is 1. The van der Waals surface area contributed by atoms with Gasteiger partial charge in [-0.1, -0.05) is 0 Å². The Hall–Kier alpha value is -3.10. The zero-order valence-electron chi connectivity index (χ0n) is 16.8. The summed E-state index contributed by atoms with van der Waals surface area (Å²) >= 11 is 0. The number of carbonyl (C=O) groups excluding carboxylic acids is 2. The van der Waals surface area contributed by atoms with Gasteiger partial charge in [0.1, 0.15) is 17.3 Å². The summed E-state index contributed by atoms with van der Waals surface area (Å²) < 4.78 is 5.56. The van der Waals surface area contributed by atoms with Crippen molar-refractivity contribution in [2.24, 2.45) is 0 Å². The number of carbonyl (C=O) groups is 2. The van der Waals surface area contributed by atoms with Gasteiger partial charge in [0.2, 0.25) is 5.91 Å². The van der Waals surface area contributed by atoms with E-state index in [9.17, 15) is 9.59 Å². The lowest BCUT2D eigenvalue weighted by atomic mass is 10.1. The molecule has 1 fully saturated rings. The van der Waals surface area contributed by atoms with Crippen molar-refractivity contribution in [2.75, 3.05) is 13.1 Å². The van der Waals surface area contributed by atoms with E-state index in [4.69, 9.17) is 4.74 Å². The molecule has 152 valence electrons. The van der Waals surface area contributed by atoms with Crippen molar-refractivity contribution in [3.63, 3.8) is 0 Å². The first kappa shape index (κ1) is 19.2. The predicted octanol–water partition coefficient (Wildman–Crippen LogP) is 2.35. The van der Waals surface area contributed by atoms with Crippen LogP contribution in [-0.4, -0.2) is 60.4 Å². The Morgan fingerprint density at radius 3 is 2.52 bits per heavy atom. The van der Waals surface area contributed by atoms with Gasteiger partial charge < -0.3 is 9.64 Å². The van der Waals surface area contributed by atoms with E-state index >= 15 is 0 Å². The number of rotatable bonds is 2. The summed E-state index contributed by atoms with van der Waals surface area (Å²) in [5, 5.41) is 0. The van der Waals surface area contributed by atoms with E-state index in [2.05, 4.69) is 19.9 Å². The molecular formula is C20H24N6O3. The van der Waals surface area contributed by atoms with Gasteiger partial charge in [0.25, 0.3) is 0 Å². The number of hydrogen-bond donors (Lipinski definition) is 0. The molecule has 0 spiro atoms. The Bertz CT molecular complexity index is 922. The Labute approximate surface area is 169 Å². The van der Waals surface area contributed by atoms with E-state index in [1.165, 1.54) is 4.90 Å². The highest BCUT2D eigenvalue weighted by Crippen LogP contribution is 2.36. The summed E-state index contributed by atoms with van der Waals surface area (Å²) in [4.78, 5) is 46.6. The quantitative estimate of drug-likeness (QED) is 0.768. The maximum absolute atomic E-state index is 13.2. The van der Waals surface area contributed by atoms with Gasteiger partial charge in [0.05, 0.1) is 18.4 Å². The van der Waals surface area contributed by atoms with Crippen LogP contribution < -0.4 is 0 Å². The lowest BCUT2D eigenvalue weighted by Crippen LogP contribution is -2.43. The molecule has 0 N–H and O–H groups in total. The first-order valence-corrected chi connectivity index (χ1v) is 9.74. The van der Waals surface area contributed by atoms with Gasteiger partial charge in [0.15, 0.2) is 5.82 Å². The number of likely N-dealkylation sites (tertiary alicyclic amines) is 1. The van der Waals surface area contributed by atoms with Crippen LogP contribution in [0.5, 0.6) is 0 Å². The first-order valence-electron chi connectivity index (χ1n) is 9.74. The number of ether oxygens (including phenoxy) is 1. The molecule has 0 unspecified atom stereocenters. The molecule has 2 aromatic heterocycles. The summed E-state index contributed by atoms with van der Waals surface area (Å²) in [6, 6.07) is -0.770. The molecule has 9 heteroatoms. The van der Waals surface area contributed by atoms with Crippen molar-refractivity contribution >= 4 is 12.0 Å². The van der Waals surface area contributed by atoms with Crippen LogP contribution in [0.1, 0.15) is 50.9 Å². The Morgan fingerprint density at radius 1 is 1.10 bits per heavy atom. The first-order chi connectivity index (χ1) is 13.8. The normalized spacial score (nSPS) is 18.7. The molecule has 0 aromatic carbocycles. The van der Waals surface area contributed by atoms with Crippen LogP contribution in [0, 0.1) is 0 Å². The summed E-state index contributed by atoms with van der Waals surface area (Å²) in [7, 11) is 0. The molecule has 9 nitrogen and oxygen atoms in total. The third kappa shape index (κ3) is 3.90. The van der Waals surface area contributed by atoms with Crippen LogP contribution >= 0.6 is 0 Å². The lowest BCUT2D eigenvalue weighted by molar-refractivity contribution is -0.135. The van der Waals surface area contributed by atoms with Crippen LogP contribution in [0.25, 0.3) is 11.5 Å². The average Bonchev–Trinajstić information content (AvgIpc) is 3.34. The van der Waals surface area contributed by atoms with Crippen LogP contribution in [0.3, 0.4) is 0 Å². The average molecular weight is 396 g/mol. The second-order valence-corrected chi connectivity index (χ2v) is 8.23. The molecule has 4 rings (SSSR count). The third-order valence-electron chi connectivity index (χ3n) is 4.90. The molecule has 2 amide bonds. The highest BCUT2D eigenvalue weighted by Gasteiger charge is 2.44. The molecule has 0 aliphatic carbocycles. The summed E-state index contributed by atoms with van der Waals surface area (Å²) in [6.07, 6.45) is 7.75. The minimum absolute atomic E-state index is 0.108. The van der Waals surface area contributed by atoms with Crippen molar-refractivity contribution in [1.82, 2.24) is 29.7 Å². The van der Waals surface area contributed by atoms with Crippen LogP contribution in [0.15, 0.2) is 24.8 Å². The standard InChI is InChI=1S/C20H24N6O3/c1-20(2,3)29-19(28)26-12-15-13(16(26)18(27)25-8-4-5-9-25)10-23-17(24-15)14-11-21-6-7-22-14/h6-7,10-11,16H,4-5,8-9,12H2,1-3H3/t16-/m1/s1. The van der Waals surface area contributed by atoms with E-state index in [-0.39, 0.29) is 12.5 Å². The molecule has 2 aliphatic rings.